The van der Waals surface area contributed by atoms with Gasteiger partial charge in [0, 0.05) is 32.3 Å². The lowest BCUT2D eigenvalue weighted by Crippen LogP contribution is -2.47. The largest absolute Gasteiger partial charge is 0.481 e. The molecule has 0 aromatic carbocycles. The molecular weight excluding hydrogens is 1190 g/mol. The fourth-order valence-electron chi connectivity index (χ4n) is 5.45. The first-order valence-corrected chi connectivity index (χ1v) is 28.7. The van der Waals surface area contributed by atoms with E-state index in [1.165, 1.54) is 0 Å². The average Bonchev–Trinajstić information content (AvgIpc) is 3.33. The predicted molar refractivity (Wildman–Crippen MR) is 327 cm³/mol. The standard InChI is InChI=1S/C14H26N2O5.C14H24N2O4.C13H23NO6.C13H25NO5.C5H10N2O3/c1-13(2,3)20-11(18)9(7-8-10(15)17)16-12(19)21-14(4,5)6;1-13(2,3)19-11(17)10(8-7-9-15)16-12(18)20-14(4,5)6;1-12(2,3)19-10(17)8(7-9(15)16)14-11(18)20-13(4,5)6;1-12(2,3)18-10(16)9(7-8-15)14-11(17)19-13(4,5)6;6-3(5(9)10)1-2-4(7)8/h9H,7-8H2,1-6H3,(H2,15,17)(H,16,19);10H,7-8H2,1-6H3,(H,16,18);8H,7H2,1-6H3,(H,14,18)(H,15,16);9,15H,7-8H2,1-6H3,(H,14,17);3H,1-2,6H2,(H2,7,8)(H,9,10)/t9-;10-;8-;9-;3-/m00000/s1/i10+1,15+1;9+1,15+1;;;4+1,7+1. The number of carbonyl (C=O) groups excluding carboxylic acids is 10. The summed E-state index contributed by atoms with van der Waals surface area (Å²) < 4.78 is 40.8. The molecule has 5 atom stereocenters. The van der Waals surface area contributed by atoms with Gasteiger partial charge in [-0.25, -0.2) is 38.4 Å². The number of nitrogens with one attached hydrogen (secondary N) is 4. The summed E-state index contributed by atoms with van der Waals surface area (Å²) in [6.07, 6.45) is -3.06. The molecule has 0 fully saturated rings. The molecule has 6 amide bonds. The molecule has 0 radical (unpaired) electrons. The molecule has 0 spiro atoms. The van der Waals surface area contributed by atoms with Gasteiger partial charge in [0.1, 0.15) is 75.0 Å². The number of hydrogen-bond acceptors (Lipinski definition) is 23. The van der Waals surface area contributed by atoms with Gasteiger partial charge in [-0.3, -0.25) is 19.2 Å². The molecule has 0 saturated carbocycles. The first-order valence-electron chi connectivity index (χ1n) is 28.7. The fourth-order valence-corrected chi connectivity index (χ4v) is 5.45. The normalized spacial score (nSPS) is 13.2. The van der Waals surface area contributed by atoms with Gasteiger partial charge in [-0.15, -0.1) is 0 Å². The van der Waals surface area contributed by atoms with Crippen LogP contribution in [0.3, 0.4) is 0 Å². The molecule has 0 bridgehead atoms. The van der Waals surface area contributed by atoms with Crippen molar-refractivity contribution in [1.29, 1.82) is 5.26 Å². The van der Waals surface area contributed by atoms with E-state index in [4.69, 9.17) is 75.7 Å². The number of alkyl carbamates (subject to hydrolysis) is 4. The number of hydrogen-bond donors (Lipinski definition) is 10. The van der Waals surface area contributed by atoms with Gasteiger partial charge in [-0.1, -0.05) is 0 Å². The van der Waals surface area contributed by atoms with Crippen LogP contribution in [-0.4, -0.2) is 169 Å². The zero-order valence-corrected chi connectivity index (χ0v) is 57.4. The third-order valence-electron chi connectivity index (χ3n) is 8.57. The third-order valence-corrected chi connectivity index (χ3v) is 8.57. The summed E-state index contributed by atoms with van der Waals surface area (Å²) in [6, 6.07) is -3.11. The lowest BCUT2D eigenvalue weighted by atomic mass is 10.1. The molecule has 31 nitrogen and oxygen atoms in total. The number of carboxylic acid groups (broad SMARTS) is 2. The smallest absolute Gasteiger partial charge is 0.408 e. The van der Waals surface area contributed by atoms with Crippen LogP contribution in [0.2, 0.25) is 0 Å². The molecule has 0 aliphatic rings. The van der Waals surface area contributed by atoms with Gasteiger partial charge >= 0.3 is 60.2 Å². The van der Waals surface area contributed by atoms with Gasteiger partial charge in [-0.05, 0) is 185 Å². The van der Waals surface area contributed by atoms with E-state index >= 15 is 0 Å². The molecule has 0 aliphatic carbocycles. The first-order chi connectivity index (χ1) is 40.0. The molecule has 522 valence electrons. The van der Waals surface area contributed by atoms with Crippen LogP contribution in [0.4, 0.5) is 19.2 Å². The number of aliphatic carboxylic acids is 2. The highest BCUT2D eigenvalue weighted by molar-refractivity contribution is 5.86. The average molecular weight is 1300 g/mol. The minimum atomic E-state index is -1.29. The van der Waals surface area contributed by atoms with Crippen LogP contribution >= 0.6 is 0 Å². The number of carbonyl (C=O) groups is 12. The zero-order chi connectivity index (χ0) is 72.4. The fraction of sp³-hybridized carbons (Fsp3) is 0.780. The molecule has 90 heavy (non-hydrogen) atoms. The Balaban J connectivity index is -0.000000340. The van der Waals surface area contributed by atoms with E-state index in [9.17, 15) is 57.5 Å². The summed E-state index contributed by atoms with van der Waals surface area (Å²) in [5, 5.41) is 44.0. The molecule has 13 N–H and O–H groups in total. The summed E-state index contributed by atoms with van der Waals surface area (Å²) in [5.41, 5.74) is 9.36. The second-order valence-electron chi connectivity index (χ2n) is 27.7. The number of nitrogens with zero attached hydrogens (tertiary/aromatic N) is 1. The van der Waals surface area contributed by atoms with Gasteiger partial charge in [0.2, 0.25) is 11.8 Å². The van der Waals surface area contributed by atoms with E-state index in [0.29, 0.717) is 0 Å². The van der Waals surface area contributed by atoms with E-state index in [-0.39, 0.29) is 51.6 Å². The lowest BCUT2D eigenvalue weighted by molar-refractivity contribution is -0.160. The molecule has 0 aliphatic heterocycles. The van der Waals surface area contributed by atoms with Crippen LogP contribution in [-0.2, 0) is 76.3 Å². The predicted octanol–water partition coefficient (Wildman–Crippen LogP) is 5.98. The van der Waals surface area contributed by atoms with Crippen molar-refractivity contribution < 1.29 is 111 Å². The summed E-state index contributed by atoms with van der Waals surface area (Å²) >= 11 is 0. The Hall–Kier alpha value is -7.75. The second kappa shape index (κ2) is 40.8. The molecule has 0 unspecified atom stereocenters. The Kier molecular flexibility index (Phi) is 41.2. The summed E-state index contributed by atoms with van der Waals surface area (Å²) in [6.45, 7) is 40.7. The number of primary amides is 2. The number of amides is 6. The molecule has 31 heteroatoms. The molecule has 0 rings (SSSR count). The highest BCUT2D eigenvalue weighted by atomic mass is 16.6. The van der Waals surface area contributed by atoms with E-state index in [2.05, 4.69) is 21.3 Å². The van der Waals surface area contributed by atoms with Crippen molar-refractivity contribution in [2.45, 2.75) is 293 Å². The molecule has 0 aromatic rings. The van der Waals surface area contributed by atoms with Crippen LogP contribution in [0.25, 0.3) is 0 Å². The van der Waals surface area contributed by atoms with E-state index in [1.54, 1.807) is 166 Å². The van der Waals surface area contributed by atoms with Crippen LogP contribution in [0, 0.1) is 11.3 Å². The Labute approximate surface area is 530 Å². The number of carboxylic acids is 2. The second-order valence-corrected chi connectivity index (χ2v) is 27.7. The number of aliphatic hydroxyl groups excluding tert-OH is 1. The molecular formula is C59H108N8O23. The monoisotopic (exact) mass is 1300 g/mol. The Morgan fingerprint density at radius 1 is 0.389 bits per heavy atom. The molecule has 0 heterocycles. The van der Waals surface area contributed by atoms with E-state index in [1.807, 2.05) is 6.07 Å². The van der Waals surface area contributed by atoms with Crippen molar-refractivity contribution >= 4 is 72.0 Å². The van der Waals surface area contributed by atoms with Crippen molar-refractivity contribution in [3.05, 3.63) is 0 Å². The summed E-state index contributed by atoms with van der Waals surface area (Å²) in [4.78, 5) is 136. The lowest BCUT2D eigenvalue weighted by Gasteiger charge is -2.26. The van der Waals surface area contributed by atoms with Gasteiger partial charge in [0.15, 0.2) is 0 Å². The molecule has 0 saturated heterocycles. The number of nitrogens with two attached hydrogens (primary N) is 3. The van der Waals surface area contributed by atoms with E-state index < -0.39 is 153 Å². The minimum Gasteiger partial charge on any atom is -0.481 e. The van der Waals surface area contributed by atoms with Crippen molar-refractivity contribution in [3.8, 4) is 6.07 Å². The number of nitriles is 1. The SMILES string of the molecule is CC(C)(C)OC(=O)N[C@@H](CC(=O)O)C(=O)OC(C)(C)C.CC(C)(C)OC(=O)N[C@@H](CCO)C(=O)OC(C)(C)C.CC(C)(C)OC(=O)N[C@@H](CC[13C]#[15N])C(=O)OC(C)(C)C.CC(C)(C)OC(=O)N[C@@H](CC[13C]([15NH2])=O)C(=O)OC(C)(C)C.N[C@@H](CC[13C]([15NH2])=O)C(=O)O. The van der Waals surface area contributed by atoms with Crippen molar-refractivity contribution in [3.63, 3.8) is 0 Å². The van der Waals surface area contributed by atoms with Gasteiger partial charge < -0.3 is 91.7 Å². The third kappa shape index (κ3) is 63.3. The highest BCUT2D eigenvalue weighted by Crippen LogP contribution is 2.17. The Bertz CT molecular complexity index is 2350. The van der Waals surface area contributed by atoms with Crippen molar-refractivity contribution in [2.24, 2.45) is 17.2 Å². The minimum absolute atomic E-state index is 0.0213. The highest BCUT2D eigenvalue weighted by Gasteiger charge is 2.33. The van der Waals surface area contributed by atoms with Crippen molar-refractivity contribution in [2.75, 3.05) is 6.61 Å². The van der Waals surface area contributed by atoms with Gasteiger partial charge in [0.05, 0.1) is 12.5 Å². The number of esters is 4. The zero-order valence-electron chi connectivity index (χ0n) is 57.4. The Morgan fingerprint density at radius 3 is 0.844 bits per heavy atom. The molecule has 0 aromatic heterocycles. The van der Waals surface area contributed by atoms with Crippen LogP contribution in [0.1, 0.15) is 218 Å². The first kappa shape index (κ1) is 91.0. The maximum Gasteiger partial charge on any atom is 0.408 e. The number of rotatable bonds is 21. The number of ether oxygens (including phenoxy) is 8. The maximum absolute atomic E-state index is 12.0. The van der Waals surface area contributed by atoms with Crippen molar-refractivity contribution in [1.82, 2.24) is 21.3 Å². The Morgan fingerprint density at radius 2 is 0.622 bits per heavy atom. The number of aliphatic hydroxyl groups is 1. The van der Waals surface area contributed by atoms with Crippen LogP contribution in [0.5, 0.6) is 0 Å². The van der Waals surface area contributed by atoms with Gasteiger partial charge in [-0.2, -0.15) is 5.26 Å². The van der Waals surface area contributed by atoms with E-state index in [0.717, 1.165) is 0 Å². The summed E-state index contributed by atoms with van der Waals surface area (Å²) in [7, 11) is 0. The van der Waals surface area contributed by atoms with Gasteiger partial charge in [0.25, 0.3) is 0 Å². The maximum atomic E-state index is 12.0. The summed E-state index contributed by atoms with van der Waals surface area (Å²) in [5.74, 6) is -6.03. The van der Waals surface area contributed by atoms with Crippen LogP contribution < -0.4 is 38.5 Å². The topological polar surface area (TPSA) is 489 Å². The quantitative estimate of drug-likeness (QED) is 0.0273. The van der Waals surface area contributed by atoms with Crippen LogP contribution in [0.15, 0.2) is 0 Å².